The van der Waals surface area contributed by atoms with Gasteiger partial charge in [0, 0.05) is 18.0 Å². The predicted octanol–water partition coefficient (Wildman–Crippen LogP) is 2.56. The Hall–Kier alpha value is -2.38. The van der Waals surface area contributed by atoms with Gasteiger partial charge in [-0.25, -0.2) is 8.42 Å². The predicted molar refractivity (Wildman–Crippen MR) is 103 cm³/mol. The van der Waals surface area contributed by atoms with E-state index in [0.717, 1.165) is 5.56 Å². The van der Waals surface area contributed by atoms with Crippen LogP contribution in [0.5, 0.6) is 0 Å². The number of nitrogens with zero attached hydrogens (tertiary/aromatic N) is 1. The number of carbonyl (C=O) groups excluding carboxylic acids is 2. The summed E-state index contributed by atoms with van der Waals surface area (Å²) in [6.45, 7) is 1.46. The first kappa shape index (κ1) is 19.4. The molecular weight excluding hydrogens is 388 g/mol. The molecule has 1 aliphatic rings. The van der Waals surface area contributed by atoms with Crippen LogP contribution in [0.25, 0.3) is 0 Å². The third-order valence-electron chi connectivity index (χ3n) is 4.49. The number of halogens is 1. The maximum atomic E-state index is 12.7. The topological polar surface area (TPSA) is 83.6 Å². The molecule has 142 valence electrons. The summed E-state index contributed by atoms with van der Waals surface area (Å²) in [6.07, 6.45) is -0.172. The lowest BCUT2D eigenvalue weighted by molar-refractivity contribution is -0.123. The highest BCUT2D eigenvalue weighted by atomic mass is 35.5. The smallest absolute Gasteiger partial charge is 0.240 e. The summed E-state index contributed by atoms with van der Waals surface area (Å²) in [5.41, 5.74) is 0.992. The lowest BCUT2D eigenvalue weighted by atomic mass is 10.2. The van der Waals surface area contributed by atoms with Crippen molar-refractivity contribution in [2.45, 2.75) is 30.0 Å². The van der Waals surface area contributed by atoms with Crippen molar-refractivity contribution in [2.24, 2.45) is 0 Å². The van der Waals surface area contributed by atoms with E-state index in [1.165, 1.54) is 17.9 Å². The van der Waals surface area contributed by atoms with E-state index < -0.39 is 26.9 Å². The zero-order valence-electron chi connectivity index (χ0n) is 14.7. The van der Waals surface area contributed by atoms with Gasteiger partial charge in [-0.3, -0.25) is 9.59 Å². The Morgan fingerprint density at radius 3 is 2.59 bits per heavy atom. The Morgan fingerprint density at radius 2 is 1.85 bits per heavy atom. The molecule has 2 amide bonds. The van der Waals surface area contributed by atoms with Crippen molar-refractivity contribution < 1.29 is 18.0 Å². The minimum Gasteiger partial charge on any atom is -0.350 e. The second kappa shape index (κ2) is 7.70. The van der Waals surface area contributed by atoms with Crippen molar-refractivity contribution >= 4 is 38.9 Å². The summed E-state index contributed by atoms with van der Waals surface area (Å²) in [6, 6.07) is 13.4. The Balaban J connectivity index is 1.82. The van der Waals surface area contributed by atoms with E-state index in [4.69, 9.17) is 11.6 Å². The summed E-state index contributed by atoms with van der Waals surface area (Å²) in [4.78, 5) is 26.3. The van der Waals surface area contributed by atoms with E-state index in [2.05, 4.69) is 5.32 Å². The second-order valence-electron chi connectivity index (χ2n) is 6.38. The maximum Gasteiger partial charge on any atom is 0.240 e. The molecule has 0 saturated heterocycles. The van der Waals surface area contributed by atoms with Crippen molar-refractivity contribution in [3.63, 3.8) is 0 Å². The molecular formula is C19H19ClN2O4S. The molecule has 0 radical (unpaired) electrons. The molecule has 0 bridgehead atoms. The minimum atomic E-state index is -3.63. The first-order chi connectivity index (χ1) is 12.8. The van der Waals surface area contributed by atoms with Crippen molar-refractivity contribution in [3.05, 3.63) is 59.1 Å². The van der Waals surface area contributed by atoms with Gasteiger partial charge < -0.3 is 10.2 Å². The number of amides is 2. The first-order valence-corrected chi connectivity index (χ1v) is 10.4. The maximum absolute atomic E-state index is 12.7. The molecule has 0 aliphatic carbocycles. The number of anilines is 1. The molecule has 2 aromatic rings. The molecule has 1 N–H and O–H groups in total. The number of benzene rings is 2. The molecule has 1 aliphatic heterocycles. The molecule has 0 aromatic heterocycles. The van der Waals surface area contributed by atoms with Gasteiger partial charge in [-0.15, -0.1) is 0 Å². The lowest BCUT2D eigenvalue weighted by Crippen LogP contribution is -2.41. The summed E-state index contributed by atoms with van der Waals surface area (Å²) in [5.74, 6) is -0.797. The zero-order valence-corrected chi connectivity index (χ0v) is 16.3. The monoisotopic (exact) mass is 406 g/mol. The van der Waals surface area contributed by atoms with Gasteiger partial charge in [0.2, 0.25) is 11.8 Å². The number of nitrogens with one attached hydrogen (secondary N) is 1. The average molecular weight is 407 g/mol. The van der Waals surface area contributed by atoms with E-state index in [1.807, 2.05) is 6.07 Å². The fraction of sp³-hybridized carbons (Fsp3) is 0.263. The Labute approximate surface area is 163 Å². The van der Waals surface area contributed by atoms with Crippen LogP contribution in [0, 0.1) is 0 Å². The summed E-state index contributed by atoms with van der Waals surface area (Å²) in [5, 5.41) is 2.42. The van der Waals surface area contributed by atoms with Crippen molar-refractivity contribution in [1.82, 2.24) is 5.32 Å². The van der Waals surface area contributed by atoms with Crippen LogP contribution >= 0.6 is 11.6 Å². The van der Waals surface area contributed by atoms with Crippen LogP contribution in [0.15, 0.2) is 53.4 Å². The number of rotatable bonds is 4. The minimum absolute atomic E-state index is 0.0715. The van der Waals surface area contributed by atoms with E-state index in [9.17, 15) is 18.0 Å². The van der Waals surface area contributed by atoms with Gasteiger partial charge in [-0.05, 0) is 30.7 Å². The highest BCUT2D eigenvalue weighted by Crippen LogP contribution is 2.33. The molecule has 1 heterocycles. The quantitative estimate of drug-likeness (QED) is 0.845. The summed E-state index contributed by atoms with van der Waals surface area (Å²) in [7, 11) is -3.63. The molecule has 1 unspecified atom stereocenters. The average Bonchev–Trinajstić information content (AvgIpc) is 2.71. The molecule has 6 nitrogen and oxygen atoms in total. The Morgan fingerprint density at radius 1 is 1.19 bits per heavy atom. The van der Waals surface area contributed by atoms with Crippen LogP contribution in [-0.2, 0) is 26.0 Å². The van der Waals surface area contributed by atoms with Gasteiger partial charge in [-0.2, -0.15) is 0 Å². The second-order valence-corrected chi connectivity index (χ2v) is 9.12. The number of hydrogen-bond donors (Lipinski definition) is 1. The van der Waals surface area contributed by atoms with E-state index in [1.54, 1.807) is 36.4 Å². The van der Waals surface area contributed by atoms with E-state index in [-0.39, 0.29) is 30.1 Å². The van der Waals surface area contributed by atoms with Gasteiger partial charge in [0.25, 0.3) is 0 Å². The fourth-order valence-electron chi connectivity index (χ4n) is 2.95. The van der Waals surface area contributed by atoms with Crippen LogP contribution in [0.4, 0.5) is 5.69 Å². The Kier molecular flexibility index (Phi) is 5.53. The van der Waals surface area contributed by atoms with Crippen LogP contribution in [0.2, 0.25) is 5.02 Å². The number of fused-ring (bicyclic) bond motifs is 1. The highest BCUT2D eigenvalue weighted by Gasteiger charge is 2.36. The van der Waals surface area contributed by atoms with Gasteiger partial charge in [0.1, 0.15) is 6.54 Å². The normalized spacial score (nSPS) is 18.5. The van der Waals surface area contributed by atoms with E-state index in [0.29, 0.717) is 5.02 Å². The van der Waals surface area contributed by atoms with Gasteiger partial charge in [0.05, 0.1) is 15.8 Å². The molecule has 0 spiro atoms. The van der Waals surface area contributed by atoms with Gasteiger partial charge in [0.15, 0.2) is 9.84 Å². The van der Waals surface area contributed by atoms with E-state index >= 15 is 0 Å². The molecule has 3 rings (SSSR count). The van der Waals surface area contributed by atoms with Crippen molar-refractivity contribution in [2.75, 3.05) is 11.4 Å². The molecule has 0 saturated carbocycles. The van der Waals surface area contributed by atoms with Gasteiger partial charge >= 0.3 is 0 Å². The van der Waals surface area contributed by atoms with Crippen LogP contribution in [0.1, 0.15) is 18.9 Å². The van der Waals surface area contributed by atoms with Crippen molar-refractivity contribution in [1.29, 1.82) is 0 Å². The van der Waals surface area contributed by atoms with Crippen molar-refractivity contribution in [3.8, 4) is 0 Å². The first-order valence-electron chi connectivity index (χ1n) is 8.44. The van der Waals surface area contributed by atoms with Gasteiger partial charge in [-0.1, -0.05) is 41.9 Å². The summed E-state index contributed by atoms with van der Waals surface area (Å²) >= 11 is 6.08. The van der Waals surface area contributed by atoms with Crippen LogP contribution in [0.3, 0.4) is 0 Å². The van der Waals surface area contributed by atoms with Crippen LogP contribution in [-0.4, -0.2) is 32.0 Å². The number of carbonyl (C=O) groups is 2. The van der Waals surface area contributed by atoms with Crippen LogP contribution < -0.4 is 10.2 Å². The number of sulfone groups is 1. The molecule has 1 atom stereocenters. The number of hydrogen-bond acceptors (Lipinski definition) is 4. The standard InChI is InChI=1S/C19H19ClN2O4S/c1-13-10-19(24)22(16-8-4-5-9-17(16)27(13,25)26)12-18(23)21-11-14-6-2-3-7-15(14)20/h2-9,13H,10-12H2,1H3,(H,21,23). The highest BCUT2D eigenvalue weighted by molar-refractivity contribution is 7.92. The molecule has 27 heavy (non-hydrogen) atoms. The SMILES string of the molecule is CC1CC(=O)N(CC(=O)NCc2ccccc2Cl)c2ccccc2S1(=O)=O. The third-order valence-corrected chi connectivity index (χ3v) is 7.04. The fourth-order valence-corrected chi connectivity index (χ4v) is 4.68. The molecule has 8 heteroatoms. The Bertz CT molecular complexity index is 991. The largest absolute Gasteiger partial charge is 0.350 e. The molecule has 0 fully saturated rings. The summed E-state index contributed by atoms with van der Waals surface area (Å²) < 4.78 is 25.3. The third kappa shape index (κ3) is 3.99. The molecule has 2 aromatic carbocycles. The zero-order chi connectivity index (χ0) is 19.6. The number of para-hydroxylation sites is 1. The lowest BCUT2D eigenvalue weighted by Gasteiger charge is -2.22.